The molecule has 3 atom stereocenters. The van der Waals surface area contributed by atoms with Gasteiger partial charge in [-0.25, -0.2) is 4.79 Å². The number of hydrogen-bond donors (Lipinski definition) is 0. The summed E-state index contributed by atoms with van der Waals surface area (Å²) in [6, 6.07) is 5.07. The quantitative estimate of drug-likeness (QED) is 0.182. The molecule has 5 heteroatoms. The van der Waals surface area contributed by atoms with Crippen LogP contribution in [-0.4, -0.2) is 38.6 Å². The van der Waals surface area contributed by atoms with E-state index in [0.29, 0.717) is 18.1 Å². The van der Waals surface area contributed by atoms with Crippen LogP contribution in [0, 0.1) is 19.8 Å². The Morgan fingerprint density at radius 1 is 1.12 bits per heavy atom. The Bertz CT molecular complexity index is 879. The summed E-state index contributed by atoms with van der Waals surface area (Å²) in [5.74, 6) is -0.245. The molecule has 1 aromatic rings. The summed E-state index contributed by atoms with van der Waals surface area (Å²) in [6.07, 6.45) is 11.3. The number of ether oxygens (including phenoxy) is 3. The maximum atomic E-state index is 12.9. The molecule has 0 saturated carbocycles. The smallest absolute Gasteiger partial charge is 0.338 e. The molecule has 1 fully saturated rings. The number of carbonyl (C=O) groups excluding carboxylic acids is 1. The molecule has 1 heterocycles. The zero-order chi connectivity index (χ0) is 25.5. The number of esters is 1. The molecular formula is C29H46O4Si. The first-order valence-electron chi connectivity index (χ1n) is 12.8. The third-order valence-electron chi connectivity index (χ3n) is 6.23. The highest BCUT2D eigenvalue weighted by Gasteiger charge is 2.39. The van der Waals surface area contributed by atoms with Gasteiger partial charge in [-0.15, -0.1) is 0 Å². The van der Waals surface area contributed by atoms with Gasteiger partial charge in [-0.05, 0) is 63.6 Å². The summed E-state index contributed by atoms with van der Waals surface area (Å²) in [4.78, 5) is 12.9. The van der Waals surface area contributed by atoms with Crippen LogP contribution in [-0.2, 0) is 14.2 Å². The van der Waals surface area contributed by atoms with Crippen LogP contribution in [0.4, 0.5) is 0 Å². The van der Waals surface area contributed by atoms with Gasteiger partial charge in [0.25, 0.3) is 0 Å². The van der Waals surface area contributed by atoms with E-state index in [1.807, 2.05) is 32.9 Å². The van der Waals surface area contributed by atoms with Crippen LogP contribution < -0.4 is 0 Å². The van der Waals surface area contributed by atoms with E-state index in [4.69, 9.17) is 14.2 Å². The third-order valence-corrected chi connectivity index (χ3v) is 7.93. The predicted octanol–water partition coefficient (Wildman–Crippen LogP) is 7.71. The fraction of sp³-hybridized carbons (Fsp3) is 0.621. The number of rotatable bonds is 11. The molecule has 0 aliphatic carbocycles. The second kappa shape index (κ2) is 12.3. The molecule has 190 valence electrons. The van der Waals surface area contributed by atoms with Crippen LogP contribution in [0.2, 0.25) is 25.7 Å². The topological polar surface area (TPSA) is 44.8 Å². The molecular weight excluding hydrogens is 440 g/mol. The standard InChI is InChI=1S/C29H46O4Si/c1-10-21(2)13-11-15-25-26(33-29(5,6)32-25)16-12-14-24-20-22(3)19-23(4)27(24)28(30)31-17-18-34(7,8)9/h11-14,19-21,25-26H,10,15-18H2,1-9H3/b13-11-,14-12+/t21-,25-,26?/m1/s1. The van der Waals surface area contributed by atoms with Gasteiger partial charge in [0, 0.05) is 8.07 Å². The van der Waals surface area contributed by atoms with Gasteiger partial charge in [-0.3, -0.25) is 0 Å². The number of benzene rings is 1. The van der Waals surface area contributed by atoms with E-state index in [2.05, 4.69) is 64.7 Å². The summed E-state index contributed by atoms with van der Waals surface area (Å²) in [6.45, 7) is 19.8. The Morgan fingerprint density at radius 3 is 2.32 bits per heavy atom. The minimum absolute atomic E-state index is 0.0187. The molecule has 0 spiro atoms. The molecule has 0 radical (unpaired) electrons. The summed E-state index contributed by atoms with van der Waals surface area (Å²) >= 11 is 0. The van der Waals surface area contributed by atoms with Gasteiger partial charge in [0.05, 0.1) is 24.4 Å². The highest BCUT2D eigenvalue weighted by Crippen LogP contribution is 2.32. The Kier molecular flexibility index (Phi) is 10.3. The minimum Gasteiger partial charge on any atom is -0.462 e. The van der Waals surface area contributed by atoms with Gasteiger partial charge in [0.15, 0.2) is 5.79 Å². The van der Waals surface area contributed by atoms with E-state index in [9.17, 15) is 4.79 Å². The summed E-state index contributed by atoms with van der Waals surface area (Å²) < 4.78 is 18.0. The number of allylic oxidation sites excluding steroid dienone is 1. The van der Waals surface area contributed by atoms with Crippen molar-refractivity contribution < 1.29 is 19.0 Å². The van der Waals surface area contributed by atoms with E-state index in [-0.39, 0.29) is 18.2 Å². The van der Waals surface area contributed by atoms with E-state index in [1.165, 1.54) is 0 Å². The van der Waals surface area contributed by atoms with Crippen LogP contribution in [0.1, 0.15) is 74.0 Å². The highest BCUT2D eigenvalue weighted by atomic mass is 28.3. The van der Waals surface area contributed by atoms with Crippen molar-refractivity contribution in [1.29, 1.82) is 0 Å². The largest absolute Gasteiger partial charge is 0.462 e. The molecule has 1 aliphatic heterocycles. The molecule has 0 bridgehead atoms. The molecule has 1 saturated heterocycles. The van der Waals surface area contributed by atoms with Crippen molar-refractivity contribution >= 4 is 20.1 Å². The normalized spacial score (nSPS) is 21.4. The molecule has 1 aliphatic rings. The zero-order valence-electron chi connectivity index (χ0n) is 22.9. The first kappa shape index (κ1) is 28.5. The predicted molar refractivity (Wildman–Crippen MR) is 145 cm³/mol. The van der Waals surface area contributed by atoms with E-state index < -0.39 is 13.9 Å². The van der Waals surface area contributed by atoms with Crippen molar-refractivity contribution in [3.63, 3.8) is 0 Å². The molecule has 2 rings (SSSR count). The maximum absolute atomic E-state index is 12.9. The lowest BCUT2D eigenvalue weighted by Crippen LogP contribution is -2.23. The lowest BCUT2D eigenvalue weighted by Gasteiger charge is -2.17. The van der Waals surface area contributed by atoms with Crippen molar-refractivity contribution in [2.45, 2.75) is 104 Å². The van der Waals surface area contributed by atoms with Crippen LogP contribution in [0.25, 0.3) is 6.08 Å². The van der Waals surface area contributed by atoms with Crippen molar-refractivity contribution in [2.24, 2.45) is 5.92 Å². The Balaban J connectivity index is 2.12. The molecule has 0 amide bonds. The molecule has 34 heavy (non-hydrogen) atoms. The Hall–Kier alpha value is -1.69. The lowest BCUT2D eigenvalue weighted by molar-refractivity contribution is -0.145. The minimum atomic E-state index is -1.26. The van der Waals surface area contributed by atoms with E-state index >= 15 is 0 Å². The summed E-state index contributed by atoms with van der Waals surface area (Å²) in [5, 5.41) is 0. The summed E-state index contributed by atoms with van der Waals surface area (Å²) in [7, 11) is -1.26. The Labute approximate surface area is 208 Å². The van der Waals surface area contributed by atoms with Crippen molar-refractivity contribution in [1.82, 2.24) is 0 Å². The first-order valence-corrected chi connectivity index (χ1v) is 16.5. The fourth-order valence-corrected chi connectivity index (χ4v) is 4.87. The Morgan fingerprint density at radius 2 is 1.74 bits per heavy atom. The third kappa shape index (κ3) is 9.16. The van der Waals surface area contributed by atoms with E-state index in [1.54, 1.807) is 0 Å². The van der Waals surface area contributed by atoms with Crippen LogP contribution in [0.15, 0.2) is 30.4 Å². The van der Waals surface area contributed by atoms with Gasteiger partial charge in [-0.2, -0.15) is 0 Å². The average molecular weight is 487 g/mol. The van der Waals surface area contributed by atoms with Gasteiger partial charge in [0.2, 0.25) is 0 Å². The zero-order valence-corrected chi connectivity index (χ0v) is 23.9. The SMILES string of the molecule is CC[C@@H](C)/C=C\C[C@H]1OC(C)(C)OC1C/C=C/c1cc(C)cc(C)c1C(=O)OCC[Si](C)(C)C. The van der Waals surface area contributed by atoms with Crippen molar-refractivity contribution in [3.05, 3.63) is 52.6 Å². The average Bonchev–Trinajstić information content (AvgIpc) is 2.99. The highest BCUT2D eigenvalue weighted by molar-refractivity contribution is 6.76. The monoisotopic (exact) mass is 486 g/mol. The molecule has 0 aromatic heterocycles. The number of hydrogen-bond acceptors (Lipinski definition) is 4. The number of aryl methyl sites for hydroxylation is 2. The maximum Gasteiger partial charge on any atom is 0.338 e. The second-order valence-electron chi connectivity index (χ2n) is 11.4. The van der Waals surface area contributed by atoms with Gasteiger partial charge >= 0.3 is 5.97 Å². The van der Waals surface area contributed by atoms with Gasteiger partial charge in [0.1, 0.15) is 0 Å². The lowest BCUT2D eigenvalue weighted by atomic mass is 9.97. The van der Waals surface area contributed by atoms with Crippen molar-refractivity contribution in [3.8, 4) is 0 Å². The fourth-order valence-electron chi connectivity index (χ4n) is 4.15. The molecule has 1 unspecified atom stereocenters. The first-order chi connectivity index (χ1) is 15.8. The second-order valence-corrected chi connectivity index (χ2v) is 17.0. The molecule has 0 N–H and O–H groups in total. The molecule has 1 aromatic carbocycles. The molecule has 4 nitrogen and oxygen atoms in total. The van der Waals surface area contributed by atoms with Crippen LogP contribution in [0.3, 0.4) is 0 Å². The van der Waals surface area contributed by atoms with Gasteiger partial charge in [-0.1, -0.05) is 81.9 Å². The van der Waals surface area contributed by atoms with Gasteiger partial charge < -0.3 is 14.2 Å². The van der Waals surface area contributed by atoms with Crippen molar-refractivity contribution in [2.75, 3.05) is 6.61 Å². The summed E-state index contributed by atoms with van der Waals surface area (Å²) in [5.41, 5.74) is 3.65. The van der Waals surface area contributed by atoms with Crippen LogP contribution >= 0.6 is 0 Å². The number of carbonyl (C=O) groups is 1. The van der Waals surface area contributed by atoms with E-state index in [0.717, 1.165) is 42.0 Å². The van der Waals surface area contributed by atoms with Crippen LogP contribution in [0.5, 0.6) is 0 Å².